The van der Waals surface area contributed by atoms with Gasteiger partial charge < -0.3 is 0 Å². The standard InChI is InChI=1S/C31H36N4O3.2BrH/c1-3-4-14-28-27(30(36)35(21(2)32-28)20-23-10-6-5-7-11-23)19-22-15-17-24(18-16-22)25-12-8-9-13-26(25)29-33-31(37)38-34-29;;/h8-9,12-13,15-18,23H,3-7,10-11,14,19-20H2,1-2H3,(H,33,34,37);2*1H. The van der Waals surface area contributed by atoms with Crippen molar-refractivity contribution in [2.45, 2.75) is 78.2 Å². The molecule has 214 valence electrons. The van der Waals surface area contributed by atoms with Crippen LogP contribution in [0.25, 0.3) is 22.5 Å². The first kappa shape index (κ1) is 31.7. The predicted molar refractivity (Wildman–Crippen MR) is 170 cm³/mol. The highest BCUT2D eigenvalue weighted by molar-refractivity contribution is 8.93. The van der Waals surface area contributed by atoms with E-state index < -0.39 is 5.76 Å². The van der Waals surface area contributed by atoms with Crippen LogP contribution in [0.15, 0.2) is 62.6 Å². The Morgan fingerprint density at radius 2 is 1.68 bits per heavy atom. The summed E-state index contributed by atoms with van der Waals surface area (Å²) in [6, 6.07) is 16.0. The quantitative estimate of drug-likeness (QED) is 0.202. The Balaban J connectivity index is 0.00000220. The summed E-state index contributed by atoms with van der Waals surface area (Å²) >= 11 is 0. The number of hydrogen-bond acceptors (Lipinski definition) is 5. The van der Waals surface area contributed by atoms with Crippen LogP contribution in [0, 0.1) is 12.8 Å². The van der Waals surface area contributed by atoms with Crippen LogP contribution in [0.3, 0.4) is 0 Å². The van der Waals surface area contributed by atoms with E-state index in [1.807, 2.05) is 35.8 Å². The van der Waals surface area contributed by atoms with Gasteiger partial charge in [-0.05, 0) is 55.2 Å². The Kier molecular flexibility index (Phi) is 11.7. The second-order valence-corrected chi connectivity index (χ2v) is 10.5. The number of unbranched alkanes of at least 4 members (excludes halogenated alkanes) is 1. The molecule has 40 heavy (non-hydrogen) atoms. The Labute approximate surface area is 256 Å². The zero-order valence-corrected chi connectivity index (χ0v) is 26.6. The summed E-state index contributed by atoms with van der Waals surface area (Å²) in [5, 5.41) is 3.86. The van der Waals surface area contributed by atoms with Crippen LogP contribution in [-0.2, 0) is 19.4 Å². The predicted octanol–water partition coefficient (Wildman–Crippen LogP) is 7.23. The molecule has 1 fully saturated rings. The van der Waals surface area contributed by atoms with E-state index in [9.17, 15) is 9.59 Å². The van der Waals surface area contributed by atoms with Crippen molar-refractivity contribution in [3.63, 3.8) is 0 Å². The van der Waals surface area contributed by atoms with Crippen LogP contribution in [-0.4, -0.2) is 19.7 Å². The molecule has 0 radical (unpaired) electrons. The van der Waals surface area contributed by atoms with Crippen LogP contribution < -0.4 is 11.3 Å². The molecule has 2 heterocycles. The van der Waals surface area contributed by atoms with Crippen molar-refractivity contribution in [3.8, 4) is 22.5 Å². The summed E-state index contributed by atoms with van der Waals surface area (Å²) in [6.07, 6.45) is 9.70. The Bertz CT molecular complexity index is 1500. The maximum Gasteiger partial charge on any atom is 0.439 e. The fraction of sp³-hybridized carbons (Fsp3) is 0.419. The molecular formula is C31H38Br2N4O3. The Morgan fingerprint density at radius 3 is 2.33 bits per heavy atom. The van der Waals surface area contributed by atoms with Crippen LogP contribution in [0.4, 0.5) is 0 Å². The van der Waals surface area contributed by atoms with E-state index in [0.717, 1.165) is 65.1 Å². The molecule has 1 N–H and O–H groups in total. The lowest BCUT2D eigenvalue weighted by Crippen LogP contribution is -2.32. The molecule has 2 aromatic heterocycles. The van der Waals surface area contributed by atoms with E-state index in [0.29, 0.717) is 18.2 Å². The summed E-state index contributed by atoms with van der Waals surface area (Å²) in [5.41, 5.74) is 5.70. The first-order chi connectivity index (χ1) is 18.5. The van der Waals surface area contributed by atoms with E-state index in [-0.39, 0.29) is 39.5 Å². The van der Waals surface area contributed by atoms with Crippen molar-refractivity contribution in [1.82, 2.24) is 19.7 Å². The number of aromatic nitrogens is 4. The number of hydrogen-bond donors (Lipinski definition) is 1. The third-order valence-electron chi connectivity index (χ3n) is 7.74. The van der Waals surface area contributed by atoms with Gasteiger partial charge in [0.15, 0.2) is 5.82 Å². The van der Waals surface area contributed by atoms with Crippen molar-refractivity contribution in [2.24, 2.45) is 5.92 Å². The minimum absolute atomic E-state index is 0. The van der Waals surface area contributed by atoms with Crippen LogP contribution in [0.1, 0.15) is 74.5 Å². The number of halogens is 2. The molecule has 1 aliphatic rings. The van der Waals surface area contributed by atoms with Crippen molar-refractivity contribution in [1.29, 1.82) is 0 Å². The van der Waals surface area contributed by atoms with Gasteiger partial charge in [-0.1, -0.05) is 86.3 Å². The van der Waals surface area contributed by atoms with Crippen molar-refractivity contribution in [2.75, 3.05) is 0 Å². The lowest BCUT2D eigenvalue weighted by atomic mass is 9.89. The first-order valence-corrected chi connectivity index (χ1v) is 13.9. The summed E-state index contributed by atoms with van der Waals surface area (Å²) in [6.45, 7) is 4.93. The van der Waals surface area contributed by atoms with E-state index in [2.05, 4.69) is 41.3 Å². The highest BCUT2D eigenvalue weighted by Gasteiger charge is 2.20. The van der Waals surface area contributed by atoms with Gasteiger partial charge in [-0.2, -0.15) is 0 Å². The number of aromatic amines is 1. The molecule has 0 amide bonds. The minimum Gasteiger partial charge on any atom is -0.296 e. The minimum atomic E-state index is -0.579. The summed E-state index contributed by atoms with van der Waals surface area (Å²) in [7, 11) is 0. The third-order valence-corrected chi connectivity index (χ3v) is 7.74. The average Bonchev–Trinajstić information content (AvgIpc) is 3.38. The lowest BCUT2D eigenvalue weighted by Gasteiger charge is -2.24. The maximum atomic E-state index is 13.8. The molecule has 0 atom stereocenters. The number of aryl methyl sites for hydroxylation is 2. The number of nitrogens with one attached hydrogen (secondary N) is 1. The van der Waals surface area contributed by atoms with Gasteiger partial charge >= 0.3 is 5.76 Å². The molecule has 0 saturated heterocycles. The number of benzene rings is 2. The molecule has 0 unspecified atom stereocenters. The SMILES string of the molecule is Br.Br.CCCCc1nc(C)n(CC2CCCCC2)c(=O)c1Cc1ccc(-c2ccccc2-c2noc(=O)[nH]2)cc1. The summed E-state index contributed by atoms with van der Waals surface area (Å²) < 4.78 is 6.65. The molecule has 1 aliphatic carbocycles. The van der Waals surface area contributed by atoms with E-state index in [4.69, 9.17) is 9.51 Å². The monoisotopic (exact) mass is 672 g/mol. The van der Waals surface area contributed by atoms with E-state index in [1.165, 1.54) is 32.1 Å². The maximum absolute atomic E-state index is 13.8. The molecule has 2 aromatic carbocycles. The van der Waals surface area contributed by atoms with Crippen molar-refractivity contribution >= 4 is 34.0 Å². The zero-order chi connectivity index (χ0) is 26.5. The highest BCUT2D eigenvalue weighted by atomic mass is 79.9. The van der Waals surface area contributed by atoms with Gasteiger partial charge in [0.1, 0.15) is 5.82 Å². The number of H-pyrrole nitrogens is 1. The average molecular weight is 674 g/mol. The van der Waals surface area contributed by atoms with Crippen molar-refractivity contribution < 1.29 is 4.52 Å². The molecule has 9 heteroatoms. The zero-order valence-electron chi connectivity index (χ0n) is 23.2. The molecule has 0 aliphatic heterocycles. The number of rotatable bonds is 9. The smallest absolute Gasteiger partial charge is 0.296 e. The van der Waals surface area contributed by atoms with Crippen LogP contribution in [0.5, 0.6) is 0 Å². The Morgan fingerprint density at radius 1 is 0.975 bits per heavy atom. The largest absolute Gasteiger partial charge is 0.439 e. The first-order valence-electron chi connectivity index (χ1n) is 13.9. The molecule has 5 rings (SSSR count). The molecule has 4 aromatic rings. The normalized spacial score (nSPS) is 13.4. The molecular weight excluding hydrogens is 636 g/mol. The van der Waals surface area contributed by atoms with Gasteiger partial charge in [-0.15, -0.1) is 34.0 Å². The fourth-order valence-corrected chi connectivity index (χ4v) is 5.62. The van der Waals surface area contributed by atoms with Crippen molar-refractivity contribution in [3.05, 3.63) is 92.1 Å². The second-order valence-electron chi connectivity index (χ2n) is 10.5. The van der Waals surface area contributed by atoms with E-state index >= 15 is 0 Å². The second kappa shape index (κ2) is 14.7. The van der Waals surface area contributed by atoms with Gasteiger partial charge in [0.05, 0.1) is 5.69 Å². The van der Waals surface area contributed by atoms with Crippen LogP contribution >= 0.6 is 34.0 Å². The lowest BCUT2D eigenvalue weighted by molar-refractivity contribution is 0.311. The fourth-order valence-electron chi connectivity index (χ4n) is 5.62. The van der Waals surface area contributed by atoms with Gasteiger partial charge in [-0.3, -0.25) is 18.9 Å². The van der Waals surface area contributed by atoms with Gasteiger partial charge in [-0.25, -0.2) is 9.78 Å². The number of nitrogens with zero attached hydrogens (tertiary/aromatic N) is 3. The molecule has 0 spiro atoms. The highest BCUT2D eigenvalue weighted by Crippen LogP contribution is 2.30. The van der Waals surface area contributed by atoms with Gasteiger partial charge in [0.25, 0.3) is 5.56 Å². The third kappa shape index (κ3) is 7.29. The molecule has 0 bridgehead atoms. The molecule has 7 nitrogen and oxygen atoms in total. The Hall–Kier alpha value is -2.78. The van der Waals surface area contributed by atoms with Gasteiger partial charge in [0.2, 0.25) is 0 Å². The summed E-state index contributed by atoms with van der Waals surface area (Å²) in [5.74, 6) is 1.23. The molecule has 1 saturated carbocycles. The van der Waals surface area contributed by atoms with E-state index in [1.54, 1.807) is 0 Å². The topological polar surface area (TPSA) is 93.8 Å². The van der Waals surface area contributed by atoms with Gasteiger partial charge in [0, 0.05) is 24.1 Å². The summed E-state index contributed by atoms with van der Waals surface area (Å²) in [4.78, 5) is 32.9. The van der Waals surface area contributed by atoms with Crippen LogP contribution in [0.2, 0.25) is 0 Å².